The normalized spacial score (nSPS) is 23.2. The molecule has 0 aromatic carbocycles. The van der Waals surface area contributed by atoms with Crippen LogP contribution in [0.4, 0.5) is 0 Å². The molecule has 0 heterocycles. The van der Waals surface area contributed by atoms with E-state index in [2.05, 4.69) is 0 Å². The van der Waals surface area contributed by atoms with Gasteiger partial charge in [0.05, 0.1) is 0 Å². The van der Waals surface area contributed by atoms with Crippen molar-refractivity contribution >= 4 is 11.9 Å². The fraction of sp³-hybridized carbons (Fsp3) is 0.875. The highest BCUT2D eigenvalue weighted by Crippen LogP contribution is 2.31. The zero-order chi connectivity index (χ0) is 14.5. The molecule has 0 aliphatic heterocycles. The summed E-state index contributed by atoms with van der Waals surface area (Å²) >= 11 is 0. The Kier molecular flexibility index (Phi) is 5.44. The number of carboxylic acids is 1. The monoisotopic (exact) mass is 281 g/mol. The van der Waals surface area contributed by atoms with Gasteiger partial charge in [-0.15, -0.1) is 0 Å². The van der Waals surface area contributed by atoms with E-state index in [1.54, 1.807) is 0 Å². The van der Waals surface area contributed by atoms with Crippen LogP contribution in [-0.4, -0.2) is 34.0 Å². The van der Waals surface area contributed by atoms with Gasteiger partial charge in [-0.25, -0.2) is 0 Å². The van der Waals surface area contributed by atoms with Gasteiger partial charge in [-0.1, -0.05) is 38.5 Å². The van der Waals surface area contributed by atoms with E-state index in [0.29, 0.717) is 0 Å². The Bertz CT molecular complexity index is 326. The van der Waals surface area contributed by atoms with Crippen molar-refractivity contribution in [1.82, 2.24) is 4.90 Å². The fourth-order valence-electron chi connectivity index (χ4n) is 3.71. The second kappa shape index (κ2) is 7.09. The maximum Gasteiger partial charge on any atom is 0.315 e. The summed E-state index contributed by atoms with van der Waals surface area (Å²) in [6.07, 6.45) is 11.4. The Morgan fingerprint density at radius 1 is 0.900 bits per heavy atom. The van der Waals surface area contributed by atoms with Gasteiger partial charge < -0.3 is 10.0 Å². The molecule has 0 aromatic heterocycles. The van der Waals surface area contributed by atoms with Crippen molar-refractivity contribution < 1.29 is 14.7 Å². The van der Waals surface area contributed by atoms with Gasteiger partial charge in [0, 0.05) is 12.1 Å². The summed E-state index contributed by atoms with van der Waals surface area (Å²) in [5.74, 6) is -2.05. The molecule has 4 heteroatoms. The van der Waals surface area contributed by atoms with Crippen molar-refractivity contribution in [2.75, 3.05) is 0 Å². The van der Waals surface area contributed by atoms with Gasteiger partial charge in [0.25, 0.3) is 0 Å². The molecule has 0 spiro atoms. The Labute approximate surface area is 121 Å². The van der Waals surface area contributed by atoms with Crippen LogP contribution in [0.3, 0.4) is 0 Å². The Hall–Kier alpha value is -1.06. The zero-order valence-corrected chi connectivity index (χ0v) is 12.5. The first-order valence-electron chi connectivity index (χ1n) is 8.16. The van der Waals surface area contributed by atoms with Gasteiger partial charge >= 0.3 is 5.97 Å². The predicted molar refractivity (Wildman–Crippen MR) is 77.4 cm³/mol. The second-order valence-electron chi connectivity index (χ2n) is 6.39. The lowest BCUT2D eigenvalue weighted by atomic mass is 9.87. The molecule has 2 rings (SSSR count). The van der Waals surface area contributed by atoms with Crippen LogP contribution in [0, 0.1) is 5.92 Å². The molecule has 114 valence electrons. The van der Waals surface area contributed by atoms with Crippen LogP contribution >= 0.6 is 0 Å². The van der Waals surface area contributed by atoms with Gasteiger partial charge in [0.1, 0.15) is 5.92 Å². The van der Waals surface area contributed by atoms with Crippen LogP contribution < -0.4 is 0 Å². The largest absolute Gasteiger partial charge is 0.481 e. The highest BCUT2D eigenvalue weighted by molar-refractivity contribution is 5.96. The molecule has 4 nitrogen and oxygen atoms in total. The minimum absolute atomic E-state index is 0.156. The van der Waals surface area contributed by atoms with Crippen LogP contribution in [0.5, 0.6) is 0 Å². The summed E-state index contributed by atoms with van der Waals surface area (Å²) in [7, 11) is 0. The Balaban J connectivity index is 2.13. The van der Waals surface area contributed by atoms with E-state index in [1.165, 1.54) is 45.4 Å². The molecular weight excluding hydrogens is 254 g/mol. The molecule has 1 unspecified atom stereocenters. The molecule has 2 aliphatic rings. The summed E-state index contributed by atoms with van der Waals surface area (Å²) in [5.41, 5.74) is 0. The lowest BCUT2D eigenvalue weighted by molar-refractivity contribution is -0.153. The Morgan fingerprint density at radius 3 is 1.65 bits per heavy atom. The van der Waals surface area contributed by atoms with E-state index in [1.807, 2.05) is 4.90 Å². The van der Waals surface area contributed by atoms with E-state index in [9.17, 15) is 9.59 Å². The van der Waals surface area contributed by atoms with Crippen molar-refractivity contribution in [2.24, 2.45) is 5.92 Å². The average molecular weight is 281 g/mol. The number of carboxylic acid groups (broad SMARTS) is 1. The minimum atomic E-state index is -0.994. The minimum Gasteiger partial charge on any atom is -0.481 e. The summed E-state index contributed by atoms with van der Waals surface area (Å²) < 4.78 is 0. The second-order valence-corrected chi connectivity index (χ2v) is 6.39. The molecule has 0 radical (unpaired) electrons. The van der Waals surface area contributed by atoms with E-state index in [0.717, 1.165) is 25.7 Å². The Morgan fingerprint density at radius 2 is 1.30 bits per heavy atom. The van der Waals surface area contributed by atoms with Gasteiger partial charge in [-0.3, -0.25) is 9.59 Å². The smallest absolute Gasteiger partial charge is 0.315 e. The maximum atomic E-state index is 12.6. The van der Waals surface area contributed by atoms with Gasteiger partial charge in [-0.05, 0) is 32.6 Å². The molecule has 2 aliphatic carbocycles. The summed E-state index contributed by atoms with van der Waals surface area (Å²) in [4.78, 5) is 25.8. The van der Waals surface area contributed by atoms with Crippen molar-refractivity contribution in [3.05, 3.63) is 0 Å². The lowest BCUT2D eigenvalue weighted by Crippen LogP contribution is -2.51. The summed E-state index contributed by atoms with van der Waals surface area (Å²) in [6.45, 7) is 1.53. The van der Waals surface area contributed by atoms with Crippen LogP contribution in [0.2, 0.25) is 0 Å². The molecule has 0 aromatic rings. The number of carbonyl (C=O) groups excluding carboxylic acids is 1. The van der Waals surface area contributed by atoms with Crippen LogP contribution in [0.25, 0.3) is 0 Å². The van der Waals surface area contributed by atoms with Crippen molar-refractivity contribution in [1.29, 1.82) is 0 Å². The number of amides is 1. The van der Waals surface area contributed by atoms with Gasteiger partial charge in [0.15, 0.2) is 0 Å². The molecule has 2 fully saturated rings. The third-order valence-electron chi connectivity index (χ3n) is 4.93. The standard InChI is InChI=1S/C16H27NO3/c1-12(16(19)20)15(18)17(13-8-4-2-5-9-13)14-10-6-3-7-11-14/h12-14H,2-11H2,1H3,(H,19,20). The van der Waals surface area contributed by atoms with Crippen LogP contribution in [0.15, 0.2) is 0 Å². The third-order valence-corrected chi connectivity index (χ3v) is 4.93. The number of aliphatic carboxylic acids is 1. The summed E-state index contributed by atoms with van der Waals surface area (Å²) in [6, 6.07) is 0.558. The number of hydrogen-bond donors (Lipinski definition) is 1. The van der Waals surface area contributed by atoms with Crippen molar-refractivity contribution in [3.63, 3.8) is 0 Å². The zero-order valence-electron chi connectivity index (χ0n) is 12.5. The molecule has 1 atom stereocenters. The SMILES string of the molecule is CC(C(=O)O)C(=O)N(C1CCCCC1)C1CCCCC1. The van der Waals surface area contributed by atoms with Gasteiger partial charge in [-0.2, -0.15) is 0 Å². The molecule has 1 amide bonds. The van der Waals surface area contributed by atoms with Crippen LogP contribution in [-0.2, 0) is 9.59 Å². The number of hydrogen-bond acceptors (Lipinski definition) is 2. The summed E-state index contributed by atoms with van der Waals surface area (Å²) in [5, 5.41) is 9.15. The molecule has 2 saturated carbocycles. The van der Waals surface area contributed by atoms with Crippen molar-refractivity contribution in [3.8, 4) is 0 Å². The molecule has 0 bridgehead atoms. The highest BCUT2D eigenvalue weighted by atomic mass is 16.4. The fourth-order valence-corrected chi connectivity index (χ4v) is 3.71. The van der Waals surface area contributed by atoms with Gasteiger partial charge in [0.2, 0.25) is 5.91 Å². The van der Waals surface area contributed by atoms with Crippen LogP contribution in [0.1, 0.15) is 71.1 Å². The molecule has 0 saturated heterocycles. The third kappa shape index (κ3) is 3.53. The maximum absolute atomic E-state index is 12.6. The molecular formula is C16H27NO3. The van der Waals surface area contributed by atoms with E-state index in [4.69, 9.17) is 5.11 Å². The first kappa shape index (κ1) is 15.3. The van der Waals surface area contributed by atoms with E-state index in [-0.39, 0.29) is 18.0 Å². The molecule has 20 heavy (non-hydrogen) atoms. The quantitative estimate of drug-likeness (QED) is 0.805. The first-order chi connectivity index (χ1) is 9.61. The highest BCUT2D eigenvalue weighted by Gasteiger charge is 2.36. The predicted octanol–water partition coefficient (Wildman–Crippen LogP) is 3.20. The average Bonchev–Trinajstić information content (AvgIpc) is 2.48. The topological polar surface area (TPSA) is 57.6 Å². The molecule has 1 N–H and O–H groups in total. The first-order valence-corrected chi connectivity index (χ1v) is 8.16. The van der Waals surface area contributed by atoms with E-state index >= 15 is 0 Å². The number of nitrogens with zero attached hydrogens (tertiary/aromatic N) is 1. The van der Waals surface area contributed by atoms with Crippen molar-refractivity contribution in [2.45, 2.75) is 83.2 Å². The lowest BCUT2D eigenvalue weighted by Gasteiger charge is -2.42. The number of rotatable bonds is 4. The number of carbonyl (C=O) groups is 2. The van der Waals surface area contributed by atoms with E-state index < -0.39 is 11.9 Å².